The van der Waals surface area contributed by atoms with E-state index in [4.69, 9.17) is 4.74 Å². The highest BCUT2D eigenvalue weighted by molar-refractivity contribution is 7.13. The van der Waals surface area contributed by atoms with Crippen molar-refractivity contribution in [3.63, 3.8) is 0 Å². The minimum absolute atomic E-state index is 0.133. The summed E-state index contributed by atoms with van der Waals surface area (Å²) in [6.07, 6.45) is 0.133. The van der Waals surface area contributed by atoms with E-state index < -0.39 is 5.97 Å². The fraction of sp³-hybridized carbons (Fsp3) is 0.190. The maximum absolute atomic E-state index is 12.0. The van der Waals surface area contributed by atoms with Gasteiger partial charge in [-0.3, -0.25) is 9.59 Å². The molecule has 138 valence electrons. The van der Waals surface area contributed by atoms with Gasteiger partial charge in [-0.15, -0.1) is 11.3 Å². The van der Waals surface area contributed by atoms with Crippen LogP contribution < -0.4 is 5.32 Å². The molecule has 0 spiro atoms. The number of carbonyl (C=O) groups is 2. The minimum Gasteiger partial charge on any atom is -0.460 e. The Morgan fingerprint density at radius 2 is 1.81 bits per heavy atom. The van der Waals surface area contributed by atoms with E-state index in [0.29, 0.717) is 5.69 Å². The Labute approximate surface area is 162 Å². The Kier molecular flexibility index (Phi) is 6.33. The van der Waals surface area contributed by atoms with Crippen molar-refractivity contribution < 1.29 is 14.3 Å². The van der Waals surface area contributed by atoms with Crippen LogP contribution in [-0.4, -0.2) is 23.4 Å². The average Bonchev–Trinajstić information content (AvgIpc) is 3.14. The lowest BCUT2D eigenvalue weighted by Crippen LogP contribution is -2.31. The Bertz CT molecular complexity index is 905. The number of esters is 1. The first kappa shape index (κ1) is 18.8. The summed E-state index contributed by atoms with van der Waals surface area (Å²) in [6.45, 7) is 2.08. The third-order valence-electron chi connectivity index (χ3n) is 3.86. The first-order valence-corrected chi connectivity index (χ1v) is 9.46. The number of amides is 1. The normalized spacial score (nSPS) is 10.4. The molecule has 0 radical (unpaired) electrons. The summed E-state index contributed by atoms with van der Waals surface area (Å²) >= 11 is 1.50. The Hall–Kier alpha value is -2.99. The third kappa shape index (κ3) is 5.76. The molecule has 5 nitrogen and oxygen atoms in total. The second-order valence-corrected chi connectivity index (χ2v) is 6.97. The van der Waals surface area contributed by atoms with Gasteiger partial charge in [0.2, 0.25) is 5.91 Å². The van der Waals surface area contributed by atoms with Crippen molar-refractivity contribution in [2.24, 2.45) is 0 Å². The number of aromatic nitrogens is 1. The van der Waals surface area contributed by atoms with Crippen LogP contribution in [0.25, 0.3) is 10.6 Å². The van der Waals surface area contributed by atoms with Crippen LogP contribution in [0.2, 0.25) is 0 Å². The fourth-order valence-electron chi connectivity index (χ4n) is 2.40. The Morgan fingerprint density at radius 3 is 2.56 bits per heavy atom. The number of nitrogens with zero attached hydrogens (tertiary/aromatic N) is 1. The molecular weight excluding hydrogens is 360 g/mol. The van der Waals surface area contributed by atoms with Crippen LogP contribution in [0.3, 0.4) is 0 Å². The lowest BCUT2D eigenvalue weighted by molar-refractivity contribution is -0.145. The molecule has 0 aliphatic heterocycles. The lowest BCUT2D eigenvalue weighted by atomic mass is 10.2. The molecule has 3 aromatic rings. The van der Waals surface area contributed by atoms with Gasteiger partial charge in [0.25, 0.3) is 0 Å². The second-order valence-electron chi connectivity index (χ2n) is 6.11. The van der Waals surface area contributed by atoms with Crippen molar-refractivity contribution in [2.75, 3.05) is 6.54 Å². The molecule has 0 saturated carbocycles. The molecule has 0 aliphatic rings. The van der Waals surface area contributed by atoms with Gasteiger partial charge in [-0.25, -0.2) is 4.98 Å². The van der Waals surface area contributed by atoms with Gasteiger partial charge >= 0.3 is 5.97 Å². The lowest BCUT2D eigenvalue weighted by Gasteiger charge is -2.06. The van der Waals surface area contributed by atoms with Crippen molar-refractivity contribution in [1.82, 2.24) is 10.3 Å². The number of aryl methyl sites for hydroxylation is 1. The SMILES string of the molecule is Cc1ccc(-c2nc(CC(=O)NCC(=O)OCc3ccccc3)cs2)cc1. The first-order valence-electron chi connectivity index (χ1n) is 8.58. The van der Waals surface area contributed by atoms with Crippen LogP contribution in [0.5, 0.6) is 0 Å². The largest absolute Gasteiger partial charge is 0.460 e. The second kappa shape index (κ2) is 9.09. The monoisotopic (exact) mass is 380 g/mol. The molecule has 0 fully saturated rings. The van der Waals surface area contributed by atoms with E-state index in [0.717, 1.165) is 16.1 Å². The van der Waals surface area contributed by atoms with Gasteiger partial charge in [0.15, 0.2) is 0 Å². The zero-order chi connectivity index (χ0) is 19.1. The number of hydrogen-bond donors (Lipinski definition) is 1. The molecule has 1 aromatic heterocycles. The molecule has 1 N–H and O–H groups in total. The van der Waals surface area contributed by atoms with E-state index in [2.05, 4.69) is 10.3 Å². The van der Waals surface area contributed by atoms with Gasteiger partial charge in [0.05, 0.1) is 12.1 Å². The number of thiazole rings is 1. The molecule has 0 atom stereocenters. The van der Waals surface area contributed by atoms with Crippen LogP contribution in [0, 0.1) is 6.92 Å². The van der Waals surface area contributed by atoms with Crippen molar-refractivity contribution in [1.29, 1.82) is 0 Å². The highest BCUT2D eigenvalue weighted by atomic mass is 32.1. The molecule has 3 rings (SSSR count). The number of nitrogens with one attached hydrogen (secondary N) is 1. The van der Waals surface area contributed by atoms with Crippen LogP contribution in [0.4, 0.5) is 0 Å². The quantitative estimate of drug-likeness (QED) is 0.637. The molecular formula is C21H20N2O3S. The fourth-order valence-corrected chi connectivity index (χ4v) is 3.23. The van der Waals surface area contributed by atoms with Crippen molar-refractivity contribution in [3.05, 3.63) is 76.8 Å². The summed E-state index contributed by atoms with van der Waals surface area (Å²) in [5.74, 6) is -0.724. The van der Waals surface area contributed by atoms with Crippen molar-refractivity contribution >= 4 is 23.2 Å². The highest BCUT2D eigenvalue weighted by Crippen LogP contribution is 2.24. The van der Waals surface area contributed by atoms with Gasteiger partial charge in [-0.2, -0.15) is 0 Å². The van der Waals surface area contributed by atoms with Crippen LogP contribution in [0.1, 0.15) is 16.8 Å². The molecule has 1 amide bonds. The van der Waals surface area contributed by atoms with Gasteiger partial charge < -0.3 is 10.1 Å². The van der Waals surface area contributed by atoms with E-state index >= 15 is 0 Å². The number of hydrogen-bond acceptors (Lipinski definition) is 5. The number of benzene rings is 2. The molecule has 0 aliphatic carbocycles. The molecule has 0 unspecified atom stereocenters. The molecule has 6 heteroatoms. The maximum atomic E-state index is 12.0. The van der Waals surface area contributed by atoms with E-state index in [9.17, 15) is 9.59 Å². The first-order chi connectivity index (χ1) is 13.1. The van der Waals surface area contributed by atoms with Crippen molar-refractivity contribution in [2.45, 2.75) is 20.0 Å². The van der Waals surface area contributed by atoms with E-state index in [1.165, 1.54) is 16.9 Å². The minimum atomic E-state index is -0.467. The summed E-state index contributed by atoms with van der Waals surface area (Å²) in [6, 6.07) is 17.5. The Morgan fingerprint density at radius 1 is 1.07 bits per heavy atom. The zero-order valence-electron chi connectivity index (χ0n) is 15.0. The highest BCUT2D eigenvalue weighted by Gasteiger charge is 2.11. The van der Waals surface area contributed by atoms with Gasteiger partial charge in [-0.05, 0) is 12.5 Å². The molecule has 0 bridgehead atoms. The Balaban J connectivity index is 1.44. The molecule has 1 heterocycles. The average molecular weight is 380 g/mol. The summed E-state index contributed by atoms with van der Waals surface area (Å²) in [5.41, 5.74) is 3.81. The van der Waals surface area contributed by atoms with Gasteiger partial charge in [0.1, 0.15) is 18.2 Å². The molecule has 27 heavy (non-hydrogen) atoms. The third-order valence-corrected chi connectivity index (χ3v) is 4.80. The number of ether oxygens (including phenoxy) is 1. The van der Waals surface area contributed by atoms with Crippen LogP contribution in [-0.2, 0) is 27.4 Å². The van der Waals surface area contributed by atoms with Crippen molar-refractivity contribution in [3.8, 4) is 10.6 Å². The van der Waals surface area contributed by atoms with Crippen LogP contribution in [0.15, 0.2) is 60.0 Å². The smallest absolute Gasteiger partial charge is 0.325 e. The summed E-state index contributed by atoms with van der Waals surface area (Å²) in [4.78, 5) is 28.3. The molecule has 0 saturated heterocycles. The molecule has 2 aromatic carbocycles. The summed E-state index contributed by atoms with van der Waals surface area (Å²) in [5, 5.41) is 5.31. The van der Waals surface area contributed by atoms with E-state index in [1.807, 2.05) is 66.9 Å². The maximum Gasteiger partial charge on any atom is 0.325 e. The number of rotatable bonds is 7. The van der Waals surface area contributed by atoms with Gasteiger partial charge in [-0.1, -0.05) is 60.2 Å². The summed E-state index contributed by atoms with van der Waals surface area (Å²) < 4.78 is 5.13. The number of carbonyl (C=O) groups excluding carboxylic acids is 2. The summed E-state index contributed by atoms with van der Waals surface area (Å²) in [7, 11) is 0. The zero-order valence-corrected chi connectivity index (χ0v) is 15.8. The predicted molar refractivity (Wildman–Crippen MR) is 105 cm³/mol. The van der Waals surface area contributed by atoms with Crippen LogP contribution >= 0.6 is 11.3 Å². The van der Waals surface area contributed by atoms with Gasteiger partial charge in [0, 0.05) is 10.9 Å². The van der Waals surface area contributed by atoms with E-state index in [-0.39, 0.29) is 25.5 Å². The topological polar surface area (TPSA) is 68.3 Å². The predicted octanol–water partition coefficient (Wildman–Crippen LogP) is 3.52. The standard InChI is InChI=1S/C21H20N2O3S/c1-15-7-9-17(10-8-15)21-23-18(14-27-21)11-19(24)22-12-20(25)26-13-16-5-3-2-4-6-16/h2-10,14H,11-13H2,1H3,(H,22,24). The van der Waals surface area contributed by atoms with E-state index in [1.54, 1.807) is 0 Å².